The lowest BCUT2D eigenvalue weighted by molar-refractivity contribution is -0.351. The fraction of sp³-hybridized carbons (Fsp3) is 1.00. The van der Waals surface area contributed by atoms with Gasteiger partial charge in [-0.3, -0.25) is 0 Å². The van der Waals surface area contributed by atoms with Crippen molar-refractivity contribution < 1.29 is 89.0 Å². The number of aliphatic hydroxyl groups excluding tert-OH is 10. The van der Waals surface area contributed by atoms with Gasteiger partial charge in [0.25, 0.3) is 0 Å². The number of hydrogen-bond acceptors (Lipinski definition) is 22. The summed E-state index contributed by atoms with van der Waals surface area (Å²) in [5.41, 5.74) is 0. The van der Waals surface area contributed by atoms with E-state index in [1.165, 1.54) is 0 Å². The molecule has 12 heterocycles. The number of nitrogens with one attached hydrogen (secondary N) is 2. The molecule has 0 spiro atoms. The monoisotopic (exact) mass is 934 g/mol. The molecule has 0 aromatic heterocycles. The maximum Gasteiger partial charge on any atom is 0.187 e. The molecule has 8 bridgehead atoms. The molecule has 0 saturated carbocycles. The van der Waals surface area contributed by atoms with E-state index >= 15 is 0 Å². The first-order valence-corrected chi connectivity index (χ1v) is 24.5. The normalized spacial score (nSPS) is 44.7. The summed E-state index contributed by atoms with van der Waals surface area (Å²) in [6.45, 7) is 1.66. The van der Waals surface area contributed by atoms with E-state index in [0.29, 0.717) is 50.4 Å². The highest BCUT2D eigenvalue weighted by atomic mass is 32.2. The van der Waals surface area contributed by atoms with Crippen LogP contribution in [-0.2, 0) is 37.9 Å². The molecule has 12 aliphatic heterocycles. The van der Waals surface area contributed by atoms with Gasteiger partial charge in [0, 0.05) is 61.2 Å². The highest BCUT2D eigenvalue weighted by molar-refractivity contribution is 7.99. The van der Waals surface area contributed by atoms with Crippen molar-refractivity contribution in [2.45, 2.75) is 162 Å². The fourth-order valence-corrected chi connectivity index (χ4v) is 10.8. The summed E-state index contributed by atoms with van der Waals surface area (Å²) in [7, 11) is 3.72. The summed E-state index contributed by atoms with van der Waals surface area (Å²) < 4.78 is 46.8. The Morgan fingerprint density at radius 2 is 0.806 bits per heavy atom. The van der Waals surface area contributed by atoms with Crippen LogP contribution in [0.25, 0.3) is 0 Å². The molecule has 12 saturated heterocycles. The number of hydrogen-bond donors (Lipinski definition) is 12. The predicted octanol–water partition coefficient (Wildman–Crippen LogP) is -3.17. The average Bonchev–Trinajstić information content (AvgIpc) is 3.29. The molecule has 364 valence electrons. The lowest BCUT2D eigenvalue weighted by atomic mass is 9.85. The number of rotatable bonds is 12. The molecule has 0 aromatic rings. The van der Waals surface area contributed by atoms with Crippen molar-refractivity contribution in [1.29, 1.82) is 0 Å². The Bertz CT molecular complexity index is 1150. The highest BCUT2D eigenvalue weighted by Crippen LogP contribution is 2.37. The predicted molar refractivity (Wildman–Crippen MR) is 225 cm³/mol. The molecule has 12 unspecified atom stereocenters. The summed E-state index contributed by atoms with van der Waals surface area (Å²) in [5.74, 6) is 1.69. The lowest BCUT2D eigenvalue weighted by Crippen LogP contribution is -2.63. The van der Waals surface area contributed by atoms with Crippen molar-refractivity contribution in [3.63, 3.8) is 0 Å². The molecule has 0 radical (unpaired) electrons. The van der Waals surface area contributed by atoms with E-state index in [1.54, 1.807) is 23.5 Å². The summed E-state index contributed by atoms with van der Waals surface area (Å²) in [6, 6.07) is 0. The molecule has 12 aliphatic rings. The fourth-order valence-electron chi connectivity index (χ4n) is 8.74. The van der Waals surface area contributed by atoms with Crippen molar-refractivity contribution in [2.24, 2.45) is 11.8 Å². The zero-order valence-corrected chi connectivity index (χ0v) is 37.5. The van der Waals surface area contributed by atoms with Gasteiger partial charge in [-0.2, -0.15) is 23.5 Å². The Morgan fingerprint density at radius 1 is 0.435 bits per heavy atom. The number of thioether (sulfide) groups is 2. The van der Waals surface area contributed by atoms with E-state index < -0.39 is 122 Å². The molecule has 0 aliphatic carbocycles. The zero-order valence-electron chi connectivity index (χ0n) is 35.8. The molecule has 62 heavy (non-hydrogen) atoms. The Kier molecular flexibility index (Phi) is 23.1. The van der Waals surface area contributed by atoms with Crippen LogP contribution in [0.2, 0.25) is 0 Å². The van der Waals surface area contributed by atoms with Gasteiger partial charge in [0.2, 0.25) is 0 Å². The topological polar surface area (TPSA) is 300 Å². The van der Waals surface area contributed by atoms with Crippen molar-refractivity contribution in [3.8, 4) is 0 Å². The van der Waals surface area contributed by atoms with Crippen molar-refractivity contribution in [3.05, 3.63) is 0 Å². The maximum atomic E-state index is 10.8. The third kappa shape index (κ3) is 14.0. The highest BCUT2D eigenvalue weighted by Gasteiger charge is 2.53. The third-order valence-corrected chi connectivity index (χ3v) is 14.5. The molecule has 20 nitrogen and oxygen atoms in total. The van der Waals surface area contributed by atoms with Crippen molar-refractivity contribution in [1.82, 2.24) is 10.6 Å². The maximum absolute atomic E-state index is 10.8. The van der Waals surface area contributed by atoms with E-state index in [9.17, 15) is 51.1 Å². The van der Waals surface area contributed by atoms with Gasteiger partial charge >= 0.3 is 0 Å². The van der Waals surface area contributed by atoms with Gasteiger partial charge in [0.05, 0.1) is 49.8 Å². The Labute approximate surface area is 372 Å². The van der Waals surface area contributed by atoms with Gasteiger partial charge in [-0.1, -0.05) is 25.7 Å². The minimum absolute atomic E-state index is 0.324. The molecule has 0 amide bonds. The van der Waals surface area contributed by atoms with Crippen LogP contribution in [0.1, 0.15) is 51.4 Å². The van der Waals surface area contributed by atoms with Gasteiger partial charge in [-0.25, -0.2) is 0 Å². The summed E-state index contributed by atoms with van der Waals surface area (Å²) in [4.78, 5) is 0. The van der Waals surface area contributed by atoms with Crippen LogP contribution in [0.15, 0.2) is 0 Å². The molecule has 22 heteroatoms. The van der Waals surface area contributed by atoms with Gasteiger partial charge in [0.1, 0.15) is 48.8 Å². The minimum Gasteiger partial charge on any atom is -0.394 e. The Morgan fingerprint density at radius 3 is 1.18 bits per heavy atom. The molecule has 20 atom stereocenters. The van der Waals surface area contributed by atoms with Gasteiger partial charge in [-0.15, -0.1) is 0 Å². The Hall–Kier alpha value is -0.100. The quantitative estimate of drug-likeness (QED) is 0.0860. The van der Waals surface area contributed by atoms with Gasteiger partial charge < -0.3 is 99.6 Å². The minimum atomic E-state index is -1.35. The molecular formula is C40H74N2O18S2. The first-order chi connectivity index (χ1) is 29.9. The third-order valence-electron chi connectivity index (χ3n) is 12.4. The van der Waals surface area contributed by atoms with Crippen molar-refractivity contribution in [2.75, 3.05) is 76.6 Å². The van der Waals surface area contributed by atoms with Crippen LogP contribution in [-0.4, -0.2) is 238 Å². The van der Waals surface area contributed by atoms with Crippen LogP contribution in [0.4, 0.5) is 0 Å². The van der Waals surface area contributed by atoms with Crippen LogP contribution < -0.4 is 10.6 Å². The molecule has 12 N–H and O–H groups in total. The smallest absolute Gasteiger partial charge is 0.187 e. The van der Waals surface area contributed by atoms with E-state index in [0.717, 1.165) is 50.3 Å². The second-order valence-electron chi connectivity index (χ2n) is 16.8. The van der Waals surface area contributed by atoms with E-state index in [1.807, 2.05) is 14.1 Å². The van der Waals surface area contributed by atoms with Gasteiger partial charge in [-0.05, 0) is 39.8 Å². The van der Waals surface area contributed by atoms with E-state index in [4.69, 9.17) is 37.9 Å². The average molecular weight is 935 g/mol. The first-order valence-electron chi connectivity index (χ1n) is 22.2. The zero-order chi connectivity index (χ0) is 44.8. The SMILES string of the molecule is CNCCSCC1O[C@@H]2OCCCCCC3C(CO)O[C@H](OC1[C@H](O)C2O)C(O)[C@H]3O.CNCCSCC1O[C@@H]2OCCCCCC3C(CO)O[C@H](OC1[C@H](O)C2O)C(O)[C@H]3O. The molecular weight excluding hydrogens is 861 g/mol. The molecule has 12 fully saturated rings. The van der Waals surface area contributed by atoms with Crippen LogP contribution in [0.5, 0.6) is 0 Å². The summed E-state index contributed by atoms with van der Waals surface area (Å²) in [6.07, 6.45) is -13.8. The van der Waals surface area contributed by atoms with Gasteiger partial charge in [0.15, 0.2) is 25.2 Å². The van der Waals surface area contributed by atoms with Crippen LogP contribution >= 0.6 is 23.5 Å². The largest absolute Gasteiger partial charge is 0.394 e. The molecule has 12 rings (SSSR count). The Balaban J connectivity index is 0.000000234. The second kappa shape index (κ2) is 27.0. The second-order valence-corrected chi connectivity index (χ2v) is 19.1. The van der Waals surface area contributed by atoms with Crippen LogP contribution in [0, 0.1) is 11.8 Å². The molecule has 0 aromatic carbocycles. The standard InChI is InChI=1S/2C20H37NO9S/c2*1-21-6-8-31-10-13-18-15(24)17(26)19(29-13)27-7-4-2-3-5-11-12(9-22)28-20(30-18)16(25)14(11)23/h2*11-26H,2-10H2,1H3/t2*11?,12?,13?,14-,15+,16?,17?,18?,19-,20+/m00/s1. The van der Waals surface area contributed by atoms with Crippen LogP contribution in [0.3, 0.4) is 0 Å². The number of ether oxygens (including phenoxy) is 8. The summed E-state index contributed by atoms with van der Waals surface area (Å²) in [5, 5.41) is 111. The van der Waals surface area contributed by atoms with E-state index in [2.05, 4.69) is 10.6 Å². The lowest BCUT2D eigenvalue weighted by Gasteiger charge is -2.47. The first kappa shape index (κ1) is 52.9. The van der Waals surface area contributed by atoms with Crippen molar-refractivity contribution >= 4 is 23.5 Å². The van der Waals surface area contributed by atoms with E-state index in [-0.39, 0.29) is 13.2 Å². The number of aliphatic hydroxyl groups is 10. The summed E-state index contributed by atoms with van der Waals surface area (Å²) >= 11 is 3.18.